The maximum atomic E-state index is 13.5. The summed E-state index contributed by atoms with van der Waals surface area (Å²) in [5.74, 6) is 0.165. The average Bonchev–Trinajstić information content (AvgIpc) is 3.18. The number of methoxy groups -OCH3 is 1. The summed E-state index contributed by atoms with van der Waals surface area (Å²) >= 11 is 13.7. The maximum absolute atomic E-state index is 13.5. The Bertz CT molecular complexity index is 1380. The molecular weight excluding hydrogens is 654 g/mol. The standard InChI is InChI=1S/C28H23Br2NO5S2/c1-3-35-22-14-18(13-21(30)25(22)36-16-17-9-11-20(29)12-10-17)15-23-26(32)31(28(37)38-23)24(27(33)34-2)19-7-5-4-6-8-19/h4-15,24H,3,16H2,1-2H3/b23-15+. The Morgan fingerprint density at radius 2 is 1.79 bits per heavy atom. The summed E-state index contributed by atoms with van der Waals surface area (Å²) in [4.78, 5) is 27.9. The van der Waals surface area contributed by atoms with E-state index in [0.29, 0.717) is 45.2 Å². The van der Waals surface area contributed by atoms with Crippen molar-refractivity contribution in [3.63, 3.8) is 0 Å². The molecule has 38 heavy (non-hydrogen) atoms. The number of carbonyl (C=O) groups excluding carboxylic acids is 2. The van der Waals surface area contributed by atoms with Gasteiger partial charge < -0.3 is 14.2 Å². The number of rotatable bonds is 9. The summed E-state index contributed by atoms with van der Waals surface area (Å²) in [6.07, 6.45) is 1.73. The molecule has 1 unspecified atom stereocenters. The minimum absolute atomic E-state index is 0.277. The minimum atomic E-state index is -0.972. The Labute approximate surface area is 247 Å². The van der Waals surface area contributed by atoms with E-state index in [-0.39, 0.29) is 10.2 Å². The molecule has 0 N–H and O–H groups in total. The zero-order chi connectivity index (χ0) is 27.2. The molecule has 1 fully saturated rings. The van der Waals surface area contributed by atoms with Crippen molar-refractivity contribution >= 4 is 78.1 Å². The van der Waals surface area contributed by atoms with Crippen LogP contribution in [0.4, 0.5) is 0 Å². The summed E-state index contributed by atoms with van der Waals surface area (Å²) in [6, 6.07) is 19.5. The number of ether oxygens (including phenoxy) is 3. The molecule has 0 bridgehead atoms. The second kappa shape index (κ2) is 12.9. The SMILES string of the molecule is CCOc1cc(/C=C2/SC(=S)N(C(C(=O)OC)c3ccccc3)C2=O)cc(Br)c1OCc1ccc(Br)cc1. The number of amides is 1. The normalized spacial score (nSPS) is 15.1. The Morgan fingerprint density at radius 1 is 1.08 bits per heavy atom. The molecule has 0 aliphatic carbocycles. The Balaban J connectivity index is 1.62. The third-order valence-electron chi connectivity index (χ3n) is 5.55. The van der Waals surface area contributed by atoms with Crippen molar-refractivity contribution in [1.82, 2.24) is 4.90 Å². The summed E-state index contributed by atoms with van der Waals surface area (Å²) in [5.41, 5.74) is 2.34. The molecule has 196 valence electrons. The Morgan fingerprint density at radius 3 is 2.45 bits per heavy atom. The predicted molar refractivity (Wildman–Crippen MR) is 160 cm³/mol. The van der Waals surface area contributed by atoms with Crippen LogP contribution >= 0.6 is 55.8 Å². The molecule has 1 amide bonds. The van der Waals surface area contributed by atoms with E-state index in [2.05, 4.69) is 31.9 Å². The first-order valence-corrected chi connectivity index (χ1v) is 14.4. The van der Waals surface area contributed by atoms with Crippen LogP contribution in [0.15, 0.2) is 80.6 Å². The molecule has 3 aromatic carbocycles. The lowest BCUT2D eigenvalue weighted by Crippen LogP contribution is -2.37. The number of hydrogen-bond donors (Lipinski definition) is 0. The number of nitrogens with zero attached hydrogens (tertiary/aromatic N) is 1. The number of esters is 1. The molecule has 0 aromatic heterocycles. The molecule has 1 aliphatic heterocycles. The molecule has 3 aromatic rings. The maximum Gasteiger partial charge on any atom is 0.333 e. The largest absolute Gasteiger partial charge is 0.490 e. The van der Waals surface area contributed by atoms with E-state index in [1.807, 2.05) is 49.4 Å². The van der Waals surface area contributed by atoms with Gasteiger partial charge in [0, 0.05) is 4.47 Å². The lowest BCUT2D eigenvalue weighted by molar-refractivity contribution is -0.148. The fourth-order valence-corrected chi connectivity index (χ4v) is 5.95. The Hall–Kier alpha value is -2.66. The van der Waals surface area contributed by atoms with Gasteiger partial charge in [0.25, 0.3) is 5.91 Å². The fraction of sp³-hybridized carbons (Fsp3) is 0.179. The van der Waals surface area contributed by atoms with Gasteiger partial charge in [-0.2, -0.15) is 0 Å². The monoisotopic (exact) mass is 675 g/mol. The van der Waals surface area contributed by atoms with Gasteiger partial charge in [0.05, 0.1) is 23.1 Å². The zero-order valence-corrected chi connectivity index (χ0v) is 25.3. The third kappa shape index (κ3) is 6.48. The van der Waals surface area contributed by atoms with E-state index in [4.69, 9.17) is 26.4 Å². The van der Waals surface area contributed by atoms with Crippen LogP contribution < -0.4 is 9.47 Å². The van der Waals surface area contributed by atoms with Crippen LogP contribution in [0.1, 0.15) is 29.7 Å². The molecule has 0 spiro atoms. The first kappa shape index (κ1) is 28.4. The minimum Gasteiger partial charge on any atom is -0.490 e. The van der Waals surface area contributed by atoms with E-state index in [0.717, 1.165) is 21.8 Å². The van der Waals surface area contributed by atoms with Crippen LogP contribution in [-0.4, -0.2) is 34.8 Å². The highest BCUT2D eigenvalue weighted by Gasteiger charge is 2.41. The summed E-state index contributed by atoms with van der Waals surface area (Å²) < 4.78 is 18.9. The van der Waals surface area contributed by atoms with E-state index in [1.165, 1.54) is 12.0 Å². The molecule has 0 saturated carbocycles. The molecule has 0 radical (unpaired) electrons. The topological polar surface area (TPSA) is 65.1 Å². The van der Waals surface area contributed by atoms with Crippen LogP contribution in [0.2, 0.25) is 0 Å². The van der Waals surface area contributed by atoms with Gasteiger partial charge >= 0.3 is 5.97 Å². The molecule has 1 saturated heterocycles. The van der Waals surface area contributed by atoms with Gasteiger partial charge in [-0.3, -0.25) is 9.69 Å². The van der Waals surface area contributed by atoms with Crippen LogP contribution in [0.5, 0.6) is 11.5 Å². The first-order chi connectivity index (χ1) is 18.3. The number of carbonyl (C=O) groups is 2. The van der Waals surface area contributed by atoms with Gasteiger partial charge in [-0.25, -0.2) is 4.79 Å². The van der Waals surface area contributed by atoms with Crippen LogP contribution in [0.25, 0.3) is 6.08 Å². The molecule has 1 aliphatic rings. The molecule has 1 atom stereocenters. The van der Waals surface area contributed by atoms with Gasteiger partial charge in [0.15, 0.2) is 17.5 Å². The van der Waals surface area contributed by atoms with Gasteiger partial charge in [-0.05, 0) is 69.9 Å². The van der Waals surface area contributed by atoms with Crippen molar-refractivity contribution in [1.29, 1.82) is 0 Å². The highest BCUT2D eigenvalue weighted by Crippen LogP contribution is 2.41. The molecule has 6 nitrogen and oxygen atoms in total. The number of benzene rings is 3. The van der Waals surface area contributed by atoms with E-state index in [9.17, 15) is 9.59 Å². The van der Waals surface area contributed by atoms with E-state index in [1.54, 1.807) is 30.3 Å². The number of thioether (sulfide) groups is 1. The van der Waals surface area contributed by atoms with Crippen molar-refractivity contribution < 1.29 is 23.8 Å². The number of halogens is 2. The van der Waals surface area contributed by atoms with E-state index >= 15 is 0 Å². The second-order valence-corrected chi connectivity index (χ2v) is 11.5. The summed E-state index contributed by atoms with van der Waals surface area (Å²) in [5, 5.41) is 0. The molecule has 1 heterocycles. The summed E-state index contributed by atoms with van der Waals surface area (Å²) in [6.45, 7) is 2.68. The lowest BCUT2D eigenvalue weighted by Gasteiger charge is -2.24. The molecular formula is C28H23Br2NO5S2. The van der Waals surface area contributed by atoms with Crippen LogP contribution in [0.3, 0.4) is 0 Å². The first-order valence-electron chi connectivity index (χ1n) is 11.6. The van der Waals surface area contributed by atoms with Crippen molar-refractivity contribution in [2.45, 2.75) is 19.6 Å². The van der Waals surface area contributed by atoms with Gasteiger partial charge in [-0.1, -0.05) is 82.4 Å². The van der Waals surface area contributed by atoms with Crippen LogP contribution in [0, 0.1) is 0 Å². The zero-order valence-electron chi connectivity index (χ0n) is 20.5. The van der Waals surface area contributed by atoms with Gasteiger partial charge in [0.2, 0.25) is 0 Å². The van der Waals surface area contributed by atoms with Gasteiger partial charge in [-0.15, -0.1) is 0 Å². The number of hydrogen-bond acceptors (Lipinski definition) is 7. The third-order valence-corrected chi connectivity index (χ3v) is 8.00. The van der Waals surface area contributed by atoms with Crippen molar-refractivity contribution in [2.75, 3.05) is 13.7 Å². The molecule has 4 rings (SSSR count). The fourth-order valence-electron chi connectivity index (χ4n) is 3.80. The number of thiocarbonyl (C=S) groups is 1. The highest BCUT2D eigenvalue weighted by molar-refractivity contribution is 9.10. The van der Waals surface area contributed by atoms with Crippen molar-refractivity contribution in [3.8, 4) is 11.5 Å². The average molecular weight is 677 g/mol. The van der Waals surface area contributed by atoms with Crippen molar-refractivity contribution in [3.05, 3.63) is 97.3 Å². The molecule has 10 heteroatoms. The van der Waals surface area contributed by atoms with Crippen LogP contribution in [-0.2, 0) is 20.9 Å². The smallest absolute Gasteiger partial charge is 0.333 e. The van der Waals surface area contributed by atoms with E-state index < -0.39 is 12.0 Å². The lowest BCUT2D eigenvalue weighted by atomic mass is 10.1. The van der Waals surface area contributed by atoms with Crippen molar-refractivity contribution in [2.24, 2.45) is 0 Å². The Kier molecular flexibility index (Phi) is 9.64. The quantitative estimate of drug-likeness (QED) is 0.134. The summed E-state index contributed by atoms with van der Waals surface area (Å²) in [7, 11) is 1.29. The highest BCUT2D eigenvalue weighted by atomic mass is 79.9. The predicted octanol–water partition coefficient (Wildman–Crippen LogP) is 7.30. The second-order valence-electron chi connectivity index (χ2n) is 8.07. The van der Waals surface area contributed by atoms with Gasteiger partial charge in [0.1, 0.15) is 10.9 Å².